The van der Waals surface area contributed by atoms with Gasteiger partial charge in [-0.3, -0.25) is 14.4 Å². The molecule has 0 saturated carbocycles. The number of amides is 2. The number of nitrogens with one attached hydrogen (secondary N) is 1. The lowest BCUT2D eigenvalue weighted by Gasteiger charge is -2.33. The number of benzene rings is 1. The van der Waals surface area contributed by atoms with E-state index in [1.54, 1.807) is 4.90 Å². The van der Waals surface area contributed by atoms with Crippen molar-refractivity contribution in [2.24, 2.45) is 5.92 Å². The number of likely N-dealkylation sites (tertiary alicyclic amines) is 1. The van der Waals surface area contributed by atoms with Gasteiger partial charge in [-0.2, -0.15) is 0 Å². The van der Waals surface area contributed by atoms with Gasteiger partial charge in [0, 0.05) is 31.0 Å². The first-order chi connectivity index (χ1) is 11.0. The summed E-state index contributed by atoms with van der Waals surface area (Å²) in [6.07, 6.45) is 2.37. The second-order valence-corrected chi connectivity index (χ2v) is 6.15. The van der Waals surface area contributed by atoms with E-state index >= 15 is 0 Å². The molecule has 1 N–H and O–H groups in total. The minimum atomic E-state index is -0.456. The first kappa shape index (κ1) is 15.6. The maximum atomic E-state index is 13.0. The predicted octanol–water partition coefficient (Wildman–Crippen LogP) is 1.53. The third-order valence-electron chi connectivity index (χ3n) is 4.53. The Hall–Kier alpha value is -2.24. The fourth-order valence-corrected chi connectivity index (χ4v) is 3.26. The van der Waals surface area contributed by atoms with Crippen molar-refractivity contribution in [3.63, 3.8) is 0 Å². The van der Waals surface area contributed by atoms with Crippen LogP contribution in [0.3, 0.4) is 0 Å². The fourth-order valence-electron chi connectivity index (χ4n) is 3.26. The second-order valence-electron chi connectivity index (χ2n) is 6.15. The third kappa shape index (κ3) is 3.41. The van der Waals surface area contributed by atoms with E-state index < -0.39 is 6.04 Å². The zero-order valence-electron chi connectivity index (χ0n) is 12.8. The zero-order chi connectivity index (χ0) is 16.4. The molecule has 6 heteroatoms. The average molecular weight is 318 g/mol. The molecule has 2 atom stereocenters. The lowest BCUT2D eigenvalue weighted by molar-refractivity contribution is -0.135. The number of rotatable bonds is 3. The molecule has 0 aromatic heterocycles. The molecule has 23 heavy (non-hydrogen) atoms. The molecule has 2 fully saturated rings. The number of carbonyl (C=O) groups excluding carboxylic acids is 3. The largest absolute Gasteiger partial charge is 0.344 e. The van der Waals surface area contributed by atoms with Crippen LogP contribution in [-0.4, -0.2) is 41.6 Å². The molecule has 0 unspecified atom stereocenters. The molecule has 0 aliphatic carbocycles. The molecule has 122 valence electrons. The predicted molar refractivity (Wildman–Crippen MR) is 81.2 cm³/mol. The van der Waals surface area contributed by atoms with Crippen molar-refractivity contribution in [2.45, 2.75) is 31.7 Å². The molecule has 1 aromatic rings. The molecule has 5 nitrogen and oxygen atoms in total. The molecule has 1 aromatic carbocycles. The van der Waals surface area contributed by atoms with Gasteiger partial charge in [0.15, 0.2) is 5.78 Å². The van der Waals surface area contributed by atoms with E-state index in [1.165, 1.54) is 24.3 Å². The number of hydrogen-bond acceptors (Lipinski definition) is 3. The number of hydrogen-bond donors (Lipinski definition) is 1. The standard InChI is InChI=1S/C17H19FN2O3/c18-13-5-3-11(4-6-13)16(22)12-2-1-9-20(10-12)17(23)14-7-8-15(21)19-14/h3-6,12,14H,1-2,7-10H2,(H,19,21)/t12-,14+/m0/s1. The van der Waals surface area contributed by atoms with Crippen molar-refractivity contribution in [1.82, 2.24) is 10.2 Å². The van der Waals surface area contributed by atoms with Gasteiger partial charge in [-0.25, -0.2) is 4.39 Å². The minimum Gasteiger partial charge on any atom is -0.344 e. The first-order valence-electron chi connectivity index (χ1n) is 7.92. The van der Waals surface area contributed by atoms with Crippen molar-refractivity contribution >= 4 is 17.6 Å². The Morgan fingerprint density at radius 3 is 2.57 bits per heavy atom. The molecule has 2 saturated heterocycles. The molecule has 2 aliphatic heterocycles. The van der Waals surface area contributed by atoms with Crippen molar-refractivity contribution < 1.29 is 18.8 Å². The van der Waals surface area contributed by atoms with E-state index in [-0.39, 0.29) is 29.3 Å². The van der Waals surface area contributed by atoms with E-state index in [0.717, 1.165) is 12.8 Å². The third-order valence-corrected chi connectivity index (χ3v) is 4.53. The maximum absolute atomic E-state index is 13.0. The van der Waals surface area contributed by atoms with Crippen molar-refractivity contribution in [1.29, 1.82) is 0 Å². The van der Waals surface area contributed by atoms with Crippen LogP contribution in [0.2, 0.25) is 0 Å². The normalized spacial score (nSPS) is 24.4. The van der Waals surface area contributed by atoms with Crippen molar-refractivity contribution in [3.05, 3.63) is 35.6 Å². The zero-order valence-corrected chi connectivity index (χ0v) is 12.8. The quantitative estimate of drug-likeness (QED) is 0.860. The summed E-state index contributed by atoms with van der Waals surface area (Å²) in [5.41, 5.74) is 0.472. The Balaban J connectivity index is 1.65. The number of piperidine rings is 1. The van der Waals surface area contributed by atoms with Crippen LogP contribution in [0, 0.1) is 11.7 Å². The van der Waals surface area contributed by atoms with Gasteiger partial charge >= 0.3 is 0 Å². The topological polar surface area (TPSA) is 66.5 Å². The molecular weight excluding hydrogens is 299 g/mol. The van der Waals surface area contributed by atoms with Gasteiger partial charge in [0.2, 0.25) is 11.8 Å². The summed E-state index contributed by atoms with van der Waals surface area (Å²) < 4.78 is 13.0. The summed E-state index contributed by atoms with van der Waals surface area (Å²) in [6.45, 7) is 0.972. The molecule has 2 amide bonds. The van der Waals surface area contributed by atoms with Crippen molar-refractivity contribution in [2.75, 3.05) is 13.1 Å². The summed E-state index contributed by atoms with van der Waals surface area (Å²) in [5.74, 6) is -0.904. The minimum absolute atomic E-state index is 0.0574. The Morgan fingerprint density at radius 2 is 1.91 bits per heavy atom. The lowest BCUT2D eigenvalue weighted by atomic mass is 9.89. The highest BCUT2D eigenvalue weighted by molar-refractivity contribution is 5.98. The highest BCUT2D eigenvalue weighted by Gasteiger charge is 2.34. The molecule has 2 aliphatic rings. The summed E-state index contributed by atoms with van der Waals surface area (Å²) >= 11 is 0. The van der Waals surface area contributed by atoms with E-state index in [4.69, 9.17) is 0 Å². The van der Waals surface area contributed by atoms with Crippen LogP contribution in [0.1, 0.15) is 36.0 Å². The molecule has 0 spiro atoms. The smallest absolute Gasteiger partial charge is 0.245 e. The van der Waals surface area contributed by atoms with Crippen LogP contribution in [0.4, 0.5) is 4.39 Å². The number of halogens is 1. The summed E-state index contributed by atoms with van der Waals surface area (Å²) in [7, 11) is 0. The second kappa shape index (κ2) is 6.48. The van der Waals surface area contributed by atoms with Crippen LogP contribution in [-0.2, 0) is 9.59 Å². The van der Waals surface area contributed by atoms with E-state index in [2.05, 4.69) is 5.32 Å². The molecule has 2 heterocycles. The highest BCUT2D eigenvalue weighted by atomic mass is 19.1. The van der Waals surface area contributed by atoms with E-state index in [9.17, 15) is 18.8 Å². The van der Waals surface area contributed by atoms with Crippen LogP contribution >= 0.6 is 0 Å². The monoisotopic (exact) mass is 318 g/mol. The average Bonchev–Trinajstić information content (AvgIpc) is 3.01. The molecule has 0 bridgehead atoms. The van der Waals surface area contributed by atoms with Gasteiger partial charge in [0.1, 0.15) is 11.9 Å². The van der Waals surface area contributed by atoms with Crippen LogP contribution in [0.15, 0.2) is 24.3 Å². The van der Waals surface area contributed by atoms with Gasteiger partial charge in [0.05, 0.1) is 0 Å². The summed E-state index contributed by atoms with van der Waals surface area (Å²) in [4.78, 5) is 37.9. The number of carbonyl (C=O) groups is 3. The van der Waals surface area contributed by atoms with Gasteiger partial charge in [-0.05, 0) is 43.5 Å². The Kier molecular flexibility index (Phi) is 4.41. The molecule has 0 radical (unpaired) electrons. The van der Waals surface area contributed by atoms with Gasteiger partial charge in [0.25, 0.3) is 0 Å². The van der Waals surface area contributed by atoms with E-state index in [1.807, 2.05) is 0 Å². The van der Waals surface area contributed by atoms with E-state index in [0.29, 0.717) is 31.5 Å². The van der Waals surface area contributed by atoms with Gasteiger partial charge < -0.3 is 10.2 Å². The van der Waals surface area contributed by atoms with Crippen molar-refractivity contribution in [3.8, 4) is 0 Å². The van der Waals surface area contributed by atoms with Gasteiger partial charge in [-0.15, -0.1) is 0 Å². The summed E-state index contributed by atoms with van der Waals surface area (Å²) in [6, 6.07) is 5.05. The summed E-state index contributed by atoms with van der Waals surface area (Å²) in [5, 5.41) is 2.68. The number of ketones is 1. The Morgan fingerprint density at radius 1 is 1.17 bits per heavy atom. The van der Waals surface area contributed by atoms with Crippen LogP contribution in [0.25, 0.3) is 0 Å². The Labute approximate surface area is 133 Å². The van der Waals surface area contributed by atoms with Gasteiger partial charge in [-0.1, -0.05) is 0 Å². The maximum Gasteiger partial charge on any atom is 0.245 e. The fraction of sp³-hybridized carbons (Fsp3) is 0.471. The van der Waals surface area contributed by atoms with Crippen LogP contribution in [0.5, 0.6) is 0 Å². The molecule has 3 rings (SSSR count). The number of nitrogens with zero attached hydrogens (tertiary/aromatic N) is 1. The first-order valence-corrected chi connectivity index (χ1v) is 7.92. The Bertz CT molecular complexity index is 629. The molecular formula is C17H19FN2O3. The number of Topliss-reactive ketones (excluding diaryl/α,β-unsaturated/α-hetero) is 1. The highest BCUT2D eigenvalue weighted by Crippen LogP contribution is 2.23. The SMILES string of the molecule is O=C1CC[C@H](C(=O)N2CCC[C@H](C(=O)c3ccc(F)cc3)C2)N1. The van der Waals surface area contributed by atoms with Crippen LogP contribution < -0.4 is 5.32 Å². The lowest BCUT2D eigenvalue weighted by Crippen LogP contribution is -2.49.